The molecule has 0 radical (unpaired) electrons. The Labute approximate surface area is 260 Å². The van der Waals surface area contributed by atoms with Gasteiger partial charge in [0.1, 0.15) is 13.2 Å². The predicted octanol–water partition coefficient (Wildman–Crippen LogP) is 3.71. The van der Waals surface area contributed by atoms with Gasteiger partial charge in [-0.05, 0) is 42.5 Å². The summed E-state index contributed by atoms with van der Waals surface area (Å²) in [5.74, 6) is -6.13. The molecule has 2 aromatic carbocycles. The van der Waals surface area contributed by atoms with E-state index in [4.69, 9.17) is 9.47 Å². The summed E-state index contributed by atoms with van der Waals surface area (Å²) in [6.45, 7) is 7.82. The number of halogens is 1. The van der Waals surface area contributed by atoms with Gasteiger partial charge >= 0.3 is 11.9 Å². The third kappa shape index (κ3) is 6.62. The van der Waals surface area contributed by atoms with E-state index in [9.17, 15) is 28.8 Å². The van der Waals surface area contributed by atoms with E-state index in [0.29, 0.717) is 17.5 Å². The number of hydrogen-bond acceptors (Lipinski definition) is 8. The Balaban J connectivity index is 1.65. The number of rotatable bonds is 10. The third-order valence-electron chi connectivity index (χ3n) is 8.14. The summed E-state index contributed by atoms with van der Waals surface area (Å²) in [5.41, 5.74) is -3.53. The summed E-state index contributed by atoms with van der Waals surface area (Å²) in [7, 11) is 0. The summed E-state index contributed by atoms with van der Waals surface area (Å²) in [5, 5.41) is 0. The Hall–Kier alpha value is -4.93. The van der Waals surface area contributed by atoms with Gasteiger partial charge in [-0.2, -0.15) is 0 Å². The highest BCUT2D eigenvalue weighted by molar-refractivity contribution is 6.15. The molecule has 4 rings (SSSR count). The molecule has 0 spiro atoms. The molecular weight excluding hydrogens is 583 g/mol. The number of hydrogen-bond donors (Lipinski definition) is 0. The summed E-state index contributed by atoms with van der Waals surface area (Å²) >= 11 is 0. The van der Waals surface area contributed by atoms with Crippen molar-refractivity contribution in [2.75, 3.05) is 26.3 Å². The van der Waals surface area contributed by atoms with Crippen molar-refractivity contribution < 1.29 is 42.6 Å². The Bertz CT molecular complexity index is 1510. The second kappa shape index (κ2) is 13.8. The molecule has 2 aliphatic heterocycles. The molecule has 2 aromatic rings. The Morgan fingerprint density at radius 1 is 0.911 bits per heavy atom. The number of piperidine rings is 2. The normalized spacial score (nSPS) is 23.2. The van der Waals surface area contributed by atoms with E-state index < -0.39 is 59.0 Å². The summed E-state index contributed by atoms with van der Waals surface area (Å²) < 4.78 is 26.6. The van der Waals surface area contributed by atoms with Crippen LogP contribution in [0.5, 0.6) is 0 Å². The molecule has 0 aliphatic carbocycles. The first-order chi connectivity index (χ1) is 21.5. The highest BCUT2D eigenvalue weighted by Crippen LogP contribution is 2.40. The van der Waals surface area contributed by atoms with E-state index in [1.807, 2.05) is 0 Å². The van der Waals surface area contributed by atoms with Gasteiger partial charge in [-0.1, -0.05) is 67.8 Å². The standard InChI is InChI=1S/C34H35FN2O8/c1-4-18-44-31(42)33(16-9-17-36(23(3)38)29(33)40)20-24-12-14-25(15-13-24)27-21-34(35,32(43)45-19-5-2)30(41)37(22-27)28(39)26-10-7-6-8-11-26/h4-8,10-15,27H,1-2,9,16-22H2,3H3. The van der Waals surface area contributed by atoms with Crippen LogP contribution in [0.2, 0.25) is 0 Å². The Morgan fingerprint density at radius 3 is 2.13 bits per heavy atom. The van der Waals surface area contributed by atoms with E-state index >= 15 is 4.39 Å². The van der Waals surface area contributed by atoms with Gasteiger partial charge in [0.05, 0.1) is 0 Å². The van der Waals surface area contributed by atoms with Gasteiger partial charge in [0.25, 0.3) is 17.5 Å². The zero-order valence-electron chi connectivity index (χ0n) is 25.0. The maximum atomic E-state index is 16.3. The number of esters is 2. The largest absolute Gasteiger partial charge is 0.461 e. The molecule has 0 saturated carbocycles. The maximum absolute atomic E-state index is 16.3. The highest BCUT2D eigenvalue weighted by Gasteiger charge is 2.57. The first kappa shape index (κ1) is 33.0. The fourth-order valence-electron chi connectivity index (χ4n) is 5.82. The van der Waals surface area contributed by atoms with Crippen LogP contribution < -0.4 is 0 Å². The molecule has 45 heavy (non-hydrogen) atoms. The van der Waals surface area contributed by atoms with Gasteiger partial charge < -0.3 is 9.47 Å². The minimum absolute atomic E-state index is 0.0609. The number of imide groups is 2. The van der Waals surface area contributed by atoms with E-state index in [0.717, 1.165) is 9.80 Å². The van der Waals surface area contributed by atoms with Crippen LogP contribution in [-0.2, 0) is 39.9 Å². The van der Waals surface area contributed by atoms with Gasteiger partial charge in [-0.3, -0.25) is 33.8 Å². The number of likely N-dealkylation sites (tertiary alicyclic amines) is 2. The van der Waals surface area contributed by atoms with E-state index in [1.54, 1.807) is 42.5 Å². The van der Waals surface area contributed by atoms with Crippen molar-refractivity contribution in [3.05, 3.63) is 96.6 Å². The number of ether oxygens (including phenoxy) is 2. The summed E-state index contributed by atoms with van der Waals surface area (Å²) in [4.78, 5) is 80.1. The van der Waals surface area contributed by atoms with E-state index in [1.165, 1.54) is 31.2 Å². The van der Waals surface area contributed by atoms with Crippen LogP contribution in [0.4, 0.5) is 4.39 Å². The fraction of sp³-hybridized carbons (Fsp3) is 0.353. The van der Waals surface area contributed by atoms with Crippen molar-refractivity contribution in [2.45, 2.75) is 44.2 Å². The molecule has 2 fully saturated rings. The average Bonchev–Trinajstić information content (AvgIpc) is 3.04. The lowest BCUT2D eigenvalue weighted by Gasteiger charge is -2.39. The quantitative estimate of drug-likeness (QED) is 0.171. The number of alkyl halides is 1. The molecule has 2 aliphatic rings. The number of benzene rings is 2. The Morgan fingerprint density at radius 2 is 1.53 bits per heavy atom. The van der Waals surface area contributed by atoms with Crippen LogP contribution in [0.1, 0.15) is 53.6 Å². The third-order valence-corrected chi connectivity index (χ3v) is 8.14. The molecule has 4 amide bonds. The van der Waals surface area contributed by atoms with Crippen molar-refractivity contribution in [2.24, 2.45) is 5.41 Å². The van der Waals surface area contributed by atoms with Crippen LogP contribution in [0.15, 0.2) is 79.9 Å². The van der Waals surface area contributed by atoms with Gasteiger partial charge in [0.2, 0.25) is 11.8 Å². The first-order valence-corrected chi connectivity index (χ1v) is 14.6. The maximum Gasteiger partial charge on any atom is 0.354 e. The van der Waals surface area contributed by atoms with Crippen molar-refractivity contribution in [3.8, 4) is 0 Å². The van der Waals surface area contributed by atoms with Crippen LogP contribution >= 0.6 is 0 Å². The van der Waals surface area contributed by atoms with Gasteiger partial charge in [-0.15, -0.1) is 0 Å². The van der Waals surface area contributed by atoms with E-state index in [-0.39, 0.29) is 44.7 Å². The smallest absolute Gasteiger partial charge is 0.354 e. The number of nitrogens with zero attached hydrogens (tertiary/aromatic N) is 2. The Kier molecular flexibility index (Phi) is 10.1. The predicted molar refractivity (Wildman–Crippen MR) is 160 cm³/mol. The molecule has 11 heteroatoms. The minimum Gasteiger partial charge on any atom is -0.461 e. The number of carbonyl (C=O) groups is 6. The minimum atomic E-state index is -3.13. The second-order valence-corrected chi connectivity index (χ2v) is 11.1. The molecule has 10 nitrogen and oxygen atoms in total. The monoisotopic (exact) mass is 618 g/mol. The van der Waals surface area contributed by atoms with Crippen molar-refractivity contribution >= 4 is 35.6 Å². The van der Waals surface area contributed by atoms with Crippen molar-refractivity contribution in [1.82, 2.24) is 9.80 Å². The van der Waals surface area contributed by atoms with Gasteiger partial charge in [0, 0.05) is 37.9 Å². The van der Waals surface area contributed by atoms with Gasteiger partial charge in [0.15, 0.2) is 5.41 Å². The van der Waals surface area contributed by atoms with Crippen molar-refractivity contribution in [1.29, 1.82) is 0 Å². The molecule has 3 atom stereocenters. The lowest BCUT2D eigenvalue weighted by Crippen LogP contribution is -2.59. The molecule has 0 N–H and O–H groups in total. The highest BCUT2D eigenvalue weighted by atomic mass is 19.1. The molecule has 2 heterocycles. The summed E-state index contributed by atoms with van der Waals surface area (Å²) in [6.07, 6.45) is 2.58. The van der Waals surface area contributed by atoms with Crippen LogP contribution in [-0.4, -0.2) is 77.3 Å². The molecular formula is C34H35FN2O8. The van der Waals surface area contributed by atoms with Crippen molar-refractivity contribution in [3.63, 3.8) is 0 Å². The van der Waals surface area contributed by atoms with Crippen LogP contribution in [0, 0.1) is 5.41 Å². The van der Waals surface area contributed by atoms with Gasteiger partial charge in [-0.25, -0.2) is 9.18 Å². The molecule has 0 aromatic heterocycles. The fourth-order valence-corrected chi connectivity index (χ4v) is 5.82. The second-order valence-electron chi connectivity index (χ2n) is 11.1. The molecule has 0 bridgehead atoms. The van der Waals surface area contributed by atoms with Crippen LogP contribution in [0.3, 0.4) is 0 Å². The lowest BCUT2D eigenvalue weighted by molar-refractivity contribution is -0.171. The molecule has 3 unspecified atom stereocenters. The lowest BCUT2D eigenvalue weighted by atomic mass is 9.73. The zero-order valence-corrected chi connectivity index (χ0v) is 25.0. The first-order valence-electron chi connectivity index (χ1n) is 14.6. The average molecular weight is 619 g/mol. The SMILES string of the molecule is C=CCOC(=O)C1(F)CC(c2ccc(CC3(C(=O)OCC=C)CCCN(C(C)=O)C3=O)cc2)CN(C(=O)c2ccccc2)C1=O. The summed E-state index contributed by atoms with van der Waals surface area (Å²) in [6, 6.07) is 14.4. The zero-order chi connectivity index (χ0) is 32.8. The van der Waals surface area contributed by atoms with Crippen LogP contribution in [0.25, 0.3) is 0 Å². The molecule has 236 valence electrons. The number of carbonyl (C=O) groups excluding carboxylic acids is 6. The topological polar surface area (TPSA) is 127 Å². The molecule has 2 saturated heterocycles. The van der Waals surface area contributed by atoms with E-state index in [2.05, 4.69) is 13.2 Å². The number of amides is 4.